The minimum absolute atomic E-state index is 0.605. The topological polar surface area (TPSA) is 24.9 Å². The minimum Gasteiger partial charge on any atom is -0.339 e. The van der Waals surface area contributed by atoms with E-state index in [9.17, 15) is 0 Å². The van der Waals surface area contributed by atoms with Crippen molar-refractivity contribution in [3.63, 3.8) is 0 Å². The van der Waals surface area contributed by atoms with Crippen molar-refractivity contribution in [2.45, 2.75) is 6.92 Å². The van der Waals surface area contributed by atoms with E-state index >= 15 is 0 Å². The molecule has 0 fully saturated rings. The van der Waals surface area contributed by atoms with E-state index in [1.165, 1.54) is 0 Å². The third-order valence-corrected chi connectivity index (χ3v) is 3.56. The van der Waals surface area contributed by atoms with Crippen LogP contribution in [-0.4, -0.2) is 4.98 Å². The van der Waals surface area contributed by atoms with Crippen molar-refractivity contribution in [1.29, 1.82) is 0 Å². The Morgan fingerprint density at radius 1 is 1.24 bits per heavy atom. The highest BCUT2D eigenvalue weighted by Gasteiger charge is 2.05. The molecule has 2 rings (SSSR count). The van der Waals surface area contributed by atoms with Crippen molar-refractivity contribution < 1.29 is 0 Å². The van der Waals surface area contributed by atoms with Gasteiger partial charge in [-0.1, -0.05) is 33.6 Å². The zero-order chi connectivity index (χ0) is 12.4. The Morgan fingerprint density at radius 3 is 2.71 bits per heavy atom. The number of nitrogens with zero attached hydrogens (tertiary/aromatic N) is 1. The first-order chi connectivity index (χ1) is 8.06. The van der Waals surface area contributed by atoms with Crippen molar-refractivity contribution >= 4 is 55.0 Å². The largest absolute Gasteiger partial charge is 0.339 e. The molecule has 0 saturated heterocycles. The van der Waals surface area contributed by atoms with E-state index in [0.717, 1.165) is 26.0 Å². The van der Waals surface area contributed by atoms with Crippen LogP contribution in [-0.2, 0) is 0 Å². The van der Waals surface area contributed by atoms with Gasteiger partial charge in [0.2, 0.25) is 0 Å². The van der Waals surface area contributed by atoms with Crippen molar-refractivity contribution in [3.05, 3.63) is 50.0 Å². The molecular formula is C12H9Br2ClN2. The Kier molecular flexibility index (Phi) is 4.07. The predicted molar refractivity (Wildman–Crippen MR) is 79.1 cm³/mol. The van der Waals surface area contributed by atoms with Gasteiger partial charge >= 0.3 is 0 Å². The van der Waals surface area contributed by atoms with Crippen LogP contribution in [0.15, 0.2) is 39.4 Å². The Balaban J connectivity index is 2.34. The summed E-state index contributed by atoms with van der Waals surface area (Å²) in [7, 11) is 0. The highest BCUT2D eigenvalue weighted by atomic mass is 79.9. The van der Waals surface area contributed by atoms with Crippen molar-refractivity contribution in [3.8, 4) is 0 Å². The molecule has 0 aliphatic heterocycles. The SMILES string of the molecule is Cc1ccc(Br)cc1Nc1ncc(Cl)cc1Br. The lowest BCUT2D eigenvalue weighted by molar-refractivity contribution is 1.28. The molecule has 88 valence electrons. The predicted octanol–water partition coefficient (Wildman–Crippen LogP) is 5.31. The summed E-state index contributed by atoms with van der Waals surface area (Å²) >= 11 is 12.7. The van der Waals surface area contributed by atoms with Crippen LogP contribution in [0.2, 0.25) is 5.02 Å². The number of hydrogen-bond donors (Lipinski definition) is 1. The summed E-state index contributed by atoms with van der Waals surface area (Å²) in [6, 6.07) is 7.86. The van der Waals surface area contributed by atoms with Crippen LogP contribution in [0.4, 0.5) is 11.5 Å². The van der Waals surface area contributed by atoms with E-state index in [0.29, 0.717) is 5.02 Å². The van der Waals surface area contributed by atoms with Gasteiger partial charge in [0.15, 0.2) is 0 Å². The number of pyridine rings is 1. The Bertz CT molecular complexity index is 558. The average Bonchev–Trinajstić information content (AvgIpc) is 2.27. The number of anilines is 2. The average molecular weight is 376 g/mol. The van der Waals surface area contributed by atoms with Crippen LogP contribution < -0.4 is 5.32 Å². The fourth-order valence-corrected chi connectivity index (χ4v) is 2.46. The third-order valence-electron chi connectivity index (χ3n) is 2.26. The number of aromatic nitrogens is 1. The molecular weight excluding hydrogens is 367 g/mol. The Hall–Kier alpha value is -0.580. The monoisotopic (exact) mass is 374 g/mol. The quantitative estimate of drug-likeness (QED) is 0.768. The van der Waals surface area contributed by atoms with Gasteiger partial charge < -0.3 is 5.32 Å². The van der Waals surface area contributed by atoms with Gasteiger partial charge in [-0.2, -0.15) is 0 Å². The van der Waals surface area contributed by atoms with E-state index < -0.39 is 0 Å². The van der Waals surface area contributed by atoms with Gasteiger partial charge in [0, 0.05) is 16.4 Å². The number of aryl methyl sites for hydroxylation is 1. The maximum atomic E-state index is 5.85. The summed E-state index contributed by atoms with van der Waals surface area (Å²) in [5, 5.41) is 3.87. The summed E-state index contributed by atoms with van der Waals surface area (Å²) in [5.41, 5.74) is 2.16. The smallest absolute Gasteiger partial charge is 0.144 e. The van der Waals surface area contributed by atoms with Crippen molar-refractivity contribution in [2.24, 2.45) is 0 Å². The molecule has 2 aromatic rings. The molecule has 0 spiro atoms. The van der Waals surface area contributed by atoms with Gasteiger partial charge in [-0.05, 0) is 46.6 Å². The van der Waals surface area contributed by atoms with E-state index in [4.69, 9.17) is 11.6 Å². The second-order valence-corrected chi connectivity index (χ2v) is 5.77. The summed E-state index contributed by atoms with van der Waals surface area (Å²) in [4.78, 5) is 4.24. The molecule has 0 bridgehead atoms. The van der Waals surface area contributed by atoms with Crippen LogP contribution in [0.1, 0.15) is 5.56 Å². The highest BCUT2D eigenvalue weighted by Crippen LogP contribution is 2.29. The first kappa shape index (κ1) is 12.9. The Labute approximate surface area is 122 Å². The molecule has 0 amide bonds. The lowest BCUT2D eigenvalue weighted by Crippen LogP contribution is -1.96. The minimum atomic E-state index is 0.605. The summed E-state index contributed by atoms with van der Waals surface area (Å²) in [6.07, 6.45) is 1.61. The lowest BCUT2D eigenvalue weighted by atomic mass is 10.2. The van der Waals surface area contributed by atoms with E-state index in [1.807, 2.05) is 31.2 Å². The fourth-order valence-electron chi connectivity index (χ4n) is 1.36. The van der Waals surface area contributed by atoms with Gasteiger partial charge in [-0.15, -0.1) is 0 Å². The number of benzene rings is 1. The first-order valence-corrected chi connectivity index (χ1v) is 6.87. The number of halogens is 3. The molecule has 0 radical (unpaired) electrons. The molecule has 1 N–H and O–H groups in total. The first-order valence-electron chi connectivity index (χ1n) is 4.90. The van der Waals surface area contributed by atoms with Gasteiger partial charge in [0.25, 0.3) is 0 Å². The molecule has 0 saturated carbocycles. The second-order valence-electron chi connectivity index (χ2n) is 3.57. The zero-order valence-electron chi connectivity index (χ0n) is 8.97. The fraction of sp³-hybridized carbons (Fsp3) is 0.0833. The van der Waals surface area contributed by atoms with Crippen molar-refractivity contribution in [1.82, 2.24) is 4.98 Å². The molecule has 0 aliphatic rings. The van der Waals surface area contributed by atoms with E-state index in [1.54, 1.807) is 6.20 Å². The summed E-state index contributed by atoms with van der Waals surface area (Å²) in [5.74, 6) is 0.746. The number of nitrogens with one attached hydrogen (secondary N) is 1. The molecule has 0 atom stereocenters. The second kappa shape index (κ2) is 5.38. The summed E-state index contributed by atoms with van der Waals surface area (Å²) < 4.78 is 1.86. The van der Waals surface area contributed by atoms with Crippen LogP contribution in [0.5, 0.6) is 0 Å². The lowest BCUT2D eigenvalue weighted by Gasteiger charge is -2.10. The van der Waals surface area contributed by atoms with Crippen molar-refractivity contribution in [2.75, 3.05) is 5.32 Å². The molecule has 0 unspecified atom stereocenters. The maximum Gasteiger partial charge on any atom is 0.144 e. The molecule has 1 heterocycles. The van der Waals surface area contributed by atoms with E-state index in [-0.39, 0.29) is 0 Å². The standard InChI is InChI=1S/C12H9Br2ClN2/c1-7-2-3-8(13)4-11(7)17-12-10(14)5-9(15)6-16-12/h2-6H,1H3,(H,16,17). The third kappa shape index (κ3) is 3.21. The number of hydrogen-bond acceptors (Lipinski definition) is 2. The molecule has 0 aliphatic carbocycles. The van der Waals surface area contributed by atoms with Gasteiger partial charge in [0.05, 0.1) is 9.50 Å². The molecule has 1 aromatic heterocycles. The molecule has 2 nitrogen and oxygen atoms in total. The van der Waals surface area contributed by atoms with Crippen LogP contribution >= 0.6 is 43.5 Å². The van der Waals surface area contributed by atoms with Gasteiger partial charge in [-0.3, -0.25) is 0 Å². The van der Waals surface area contributed by atoms with Crippen LogP contribution in [0.3, 0.4) is 0 Å². The van der Waals surface area contributed by atoms with Crippen LogP contribution in [0.25, 0.3) is 0 Å². The van der Waals surface area contributed by atoms with Gasteiger partial charge in [0.1, 0.15) is 5.82 Å². The molecule has 1 aromatic carbocycles. The maximum absolute atomic E-state index is 5.85. The Morgan fingerprint density at radius 2 is 2.00 bits per heavy atom. The molecule has 5 heteroatoms. The van der Waals surface area contributed by atoms with Gasteiger partial charge in [-0.25, -0.2) is 4.98 Å². The van der Waals surface area contributed by atoms with Crippen LogP contribution in [0, 0.1) is 6.92 Å². The summed E-state index contributed by atoms with van der Waals surface area (Å²) in [6.45, 7) is 2.04. The highest BCUT2D eigenvalue weighted by molar-refractivity contribution is 9.10. The normalized spacial score (nSPS) is 10.4. The van der Waals surface area contributed by atoms with E-state index in [2.05, 4.69) is 42.2 Å². The molecule has 17 heavy (non-hydrogen) atoms. The number of rotatable bonds is 2. The zero-order valence-corrected chi connectivity index (χ0v) is 12.9.